The molecule has 35 heavy (non-hydrogen) atoms. The Kier molecular flexibility index (Phi) is 9.47. The van der Waals surface area contributed by atoms with Crippen LogP contribution in [-0.2, 0) is 9.59 Å². The first kappa shape index (κ1) is 26.9. The Balaban J connectivity index is 1.44. The number of ether oxygens (including phenoxy) is 2. The summed E-state index contributed by atoms with van der Waals surface area (Å²) < 4.78 is 13.1. The average molecular weight is 623 g/mol. The van der Waals surface area contributed by atoms with Crippen molar-refractivity contribution in [2.75, 3.05) is 13.2 Å². The number of nitrogens with one attached hydrogen (secondary N) is 3. The number of rotatable bonds is 7. The smallest absolute Gasteiger partial charge is 0.276 e. The Labute approximate surface area is 226 Å². The Morgan fingerprint density at radius 2 is 1.63 bits per heavy atom. The van der Waals surface area contributed by atoms with Gasteiger partial charge >= 0.3 is 0 Å². The van der Waals surface area contributed by atoms with Gasteiger partial charge in [0, 0.05) is 4.47 Å². The molecule has 0 heterocycles. The van der Waals surface area contributed by atoms with E-state index >= 15 is 0 Å². The lowest BCUT2D eigenvalue weighted by Crippen LogP contribution is -2.50. The van der Waals surface area contributed by atoms with E-state index in [4.69, 9.17) is 21.7 Å². The number of hydrazine groups is 1. The van der Waals surface area contributed by atoms with Gasteiger partial charge in [-0.2, -0.15) is 0 Å². The van der Waals surface area contributed by atoms with Gasteiger partial charge in [-0.1, -0.05) is 60.1 Å². The van der Waals surface area contributed by atoms with Crippen LogP contribution in [0.5, 0.6) is 11.5 Å². The van der Waals surface area contributed by atoms with Crippen LogP contribution >= 0.6 is 44.1 Å². The first-order valence-electron chi connectivity index (χ1n) is 10.8. The Bertz CT molecular complexity index is 1270. The summed E-state index contributed by atoms with van der Waals surface area (Å²) in [4.78, 5) is 24.4. The molecule has 10 heteroatoms. The summed E-state index contributed by atoms with van der Waals surface area (Å²) in [5.74, 6) is 0.476. The van der Waals surface area contributed by atoms with Gasteiger partial charge in [-0.25, -0.2) is 0 Å². The van der Waals surface area contributed by atoms with Gasteiger partial charge in [0.2, 0.25) is 0 Å². The standard InChI is InChI=1S/C25H25Br2N3O4S/c1-14(2)18-11-19(26)15(3)10-21(18)34-12-22(31)28-25(35)30-29-23(32)13-33-20-9-8-16-6-4-5-7-17(16)24(20)27/h4-11,14H,12-13H2,1-3H3,(H,29,32)(H2,28,30,31,35). The first-order chi connectivity index (χ1) is 16.7. The van der Waals surface area contributed by atoms with Gasteiger partial charge < -0.3 is 9.47 Å². The summed E-state index contributed by atoms with van der Waals surface area (Å²) in [7, 11) is 0. The molecule has 3 N–H and O–H groups in total. The summed E-state index contributed by atoms with van der Waals surface area (Å²) in [6.45, 7) is 5.58. The van der Waals surface area contributed by atoms with Gasteiger partial charge in [0.05, 0.1) is 4.47 Å². The number of thiocarbonyl (C=S) groups is 1. The number of amides is 2. The third-order valence-electron chi connectivity index (χ3n) is 5.03. The van der Waals surface area contributed by atoms with Crippen LogP contribution in [0.25, 0.3) is 10.8 Å². The van der Waals surface area contributed by atoms with E-state index in [2.05, 4.69) is 48.0 Å². The van der Waals surface area contributed by atoms with E-state index in [1.165, 1.54) is 0 Å². The van der Waals surface area contributed by atoms with E-state index in [1.807, 2.05) is 63.2 Å². The number of fused-ring (bicyclic) bond motifs is 1. The van der Waals surface area contributed by atoms with Crippen LogP contribution in [0.15, 0.2) is 57.5 Å². The highest BCUT2D eigenvalue weighted by Crippen LogP contribution is 2.33. The maximum Gasteiger partial charge on any atom is 0.276 e. The second-order valence-electron chi connectivity index (χ2n) is 8.02. The minimum atomic E-state index is -0.468. The normalized spacial score (nSPS) is 10.7. The molecule has 0 aliphatic rings. The molecule has 2 amide bonds. The predicted octanol–water partition coefficient (Wildman–Crippen LogP) is 5.28. The van der Waals surface area contributed by atoms with Crippen LogP contribution in [0.2, 0.25) is 0 Å². The number of hydrogen-bond acceptors (Lipinski definition) is 5. The molecule has 0 bridgehead atoms. The van der Waals surface area contributed by atoms with Crippen molar-refractivity contribution in [1.29, 1.82) is 0 Å². The van der Waals surface area contributed by atoms with E-state index in [1.54, 1.807) is 6.07 Å². The van der Waals surface area contributed by atoms with Gasteiger partial charge in [0.25, 0.3) is 11.8 Å². The molecule has 7 nitrogen and oxygen atoms in total. The molecule has 0 radical (unpaired) electrons. The van der Waals surface area contributed by atoms with E-state index in [0.717, 1.165) is 30.8 Å². The number of halogens is 2. The first-order valence-corrected chi connectivity index (χ1v) is 12.8. The fourth-order valence-electron chi connectivity index (χ4n) is 3.21. The monoisotopic (exact) mass is 621 g/mol. The fourth-order valence-corrected chi connectivity index (χ4v) is 4.35. The maximum atomic E-state index is 12.2. The average Bonchev–Trinajstić information content (AvgIpc) is 2.82. The van der Waals surface area contributed by atoms with Crippen LogP contribution < -0.4 is 25.6 Å². The highest BCUT2D eigenvalue weighted by molar-refractivity contribution is 9.11. The van der Waals surface area contributed by atoms with Crippen molar-refractivity contribution in [2.24, 2.45) is 0 Å². The van der Waals surface area contributed by atoms with Gasteiger partial charge in [0.15, 0.2) is 18.3 Å². The lowest BCUT2D eigenvalue weighted by Gasteiger charge is -2.16. The third kappa shape index (κ3) is 7.39. The lowest BCUT2D eigenvalue weighted by atomic mass is 10.0. The highest BCUT2D eigenvalue weighted by Gasteiger charge is 2.14. The quantitative estimate of drug-likeness (QED) is 0.246. The zero-order valence-electron chi connectivity index (χ0n) is 19.4. The molecular weight excluding hydrogens is 598 g/mol. The number of carbonyl (C=O) groups is 2. The van der Waals surface area contributed by atoms with Gasteiger partial charge in [-0.15, -0.1) is 0 Å². The molecule has 0 aliphatic heterocycles. The molecule has 3 rings (SSSR count). The summed E-state index contributed by atoms with van der Waals surface area (Å²) in [5.41, 5.74) is 6.87. The third-order valence-corrected chi connectivity index (χ3v) is 6.90. The zero-order valence-corrected chi connectivity index (χ0v) is 23.4. The molecule has 0 unspecified atom stereocenters. The number of benzene rings is 3. The summed E-state index contributed by atoms with van der Waals surface area (Å²) in [6, 6.07) is 15.4. The van der Waals surface area contributed by atoms with E-state index in [9.17, 15) is 9.59 Å². The highest BCUT2D eigenvalue weighted by atomic mass is 79.9. The number of hydrogen-bond donors (Lipinski definition) is 3. The molecule has 0 aliphatic carbocycles. The molecule has 0 aromatic heterocycles. The molecule has 0 spiro atoms. The van der Waals surface area contributed by atoms with Crippen molar-refractivity contribution in [2.45, 2.75) is 26.7 Å². The van der Waals surface area contributed by atoms with Crippen molar-refractivity contribution >= 4 is 71.8 Å². The molecule has 0 atom stereocenters. The van der Waals surface area contributed by atoms with Crippen LogP contribution in [0.3, 0.4) is 0 Å². The second-order valence-corrected chi connectivity index (χ2v) is 10.1. The topological polar surface area (TPSA) is 88.7 Å². The van der Waals surface area contributed by atoms with Crippen molar-refractivity contribution < 1.29 is 19.1 Å². The second kappa shape index (κ2) is 12.3. The Morgan fingerprint density at radius 3 is 2.37 bits per heavy atom. The van der Waals surface area contributed by atoms with Gasteiger partial charge in [0.1, 0.15) is 11.5 Å². The minimum Gasteiger partial charge on any atom is -0.483 e. The minimum absolute atomic E-state index is 0.0603. The van der Waals surface area contributed by atoms with Crippen molar-refractivity contribution in [3.8, 4) is 11.5 Å². The van der Waals surface area contributed by atoms with Crippen LogP contribution in [0.4, 0.5) is 0 Å². The van der Waals surface area contributed by atoms with Gasteiger partial charge in [-0.05, 0) is 81.1 Å². The van der Waals surface area contributed by atoms with E-state index < -0.39 is 11.8 Å². The Morgan fingerprint density at radius 1 is 0.943 bits per heavy atom. The van der Waals surface area contributed by atoms with E-state index in [-0.39, 0.29) is 24.2 Å². The predicted molar refractivity (Wildman–Crippen MR) is 148 cm³/mol. The summed E-state index contributed by atoms with van der Waals surface area (Å²) >= 11 is 12.1. The number of aryl methyl sites for hydroxylation is 1. The van der Waals surface area contributed by atoms with E-state index in [0.29, 0.717) is 11.5 Å². The molecule has 0 fully saturated rings. The van der Waals surface area contributed by atoms with Gasteiger partial charge in [-0.3, -0.25) is 25.8 Å². The van der Waals surface area contributed by atoms with Crippen LogP contribution in [0, 0.1) is 6.92 Å². The summed E-state index contributed by atoms with van der Waals surface area (Å²) in [5, 5.41) is 4.44. The van der Waals surface area contributed by atoms with Crippen molar-refractivity contribution in [3.63, 3.8) is 0 Å². The lowest BCUT2D eigenvalue weighted by molar-refractivity contribution is -0.124. The van der Waals surface area contributed by atoms with Crippen molar-refractivity contribution in [1.82, 2.24) is 16.2 Å². The molecular formula is C25H25Br2N3O4S. The molecule has 0 saturated heterocycles. The SMILES string of the molecule is Cc1cc(OCC(=O)NC(=S)NNC(=O)COc2ccc3ccccc3c2Br)c(C(C)C)cc1Br. The molecule has 184 valence electrons. The largest absolute Gasteiger partial charge is 0.483 e. The fraction of sp³-hybridized carbons (Fsp3) is 0.240. The van der Waals surface area contributed by atoms with Crippen LogP contribution in [0.1, 0.15) is 30.9 Å². The summed E-state index contributed by atoms with van der Waals surface area (Å²) in [6.07, 6.45) is 0. The molecule has 3 aromatic rings. The Hall–Kier alpha value is -2.69. The molecule has 3 aromatic carbocycles. The number of carbonyl (C=O) groups excluding carboxylic acids is 2. The maximum absolute atomic E-state index is 12.2. The zero-order chi connectivity index (χ0) is 25.5. The molecule has 0 saturated carbocycles. The van der Waals surface area contributed by atoms with Crippen LogP contribution in [-0.4, -0.2) is 30.1 Å². The van der Waals surface area contributed by atoms with Crippen molar-refractivity contribution in [3.05, 3.63) is 68.6 Å².